The monoisotopic (exact) mass is 394 g/mol. The van der Waals surface area contributed by atoms with E-state index in [1.165, 1.54) is 23.5 Å². The molecule has 8 heteroatoms. The highest BCUT2D eigenvalue weighted by molar-refractivity contribution is 9.11. The van der Waals surface area contributed by atoms with E-state index in [4.69, 9.17) is 9.15 Å². The van der Waals surface area contributed by atoms with Crippen LogP contribution in [-0.2, 0) is 11.3 Å². The zero-order valence-corrected chi connectivity index (χ0v) is 14.3. The van der Waals surface area contributed by atoms with Gasteiger partial charge in [-0.3, -0.25) is 0 Å². The molecule has 0 bridgehead atoms. The van der Waals surface area contributed by atoms with Crippen molar-refractivity contribution in [1.82, 2.24) is 10.2 Å². The minimum atomic E-state index is -0.652. The number of halogens is 1. The first-order chi connectivity index (χ1) is 11.0. The van der Waals surface area contributed by atoms with Gasteiger partial charge in [0.05, 0.1) is 8.66 Å². The van der Waals surface area contributed by atoms with E-state index in [1.54, 1.807) is 6.07 Å². The SMILES string of the molecule is Cc1ccc(C(=O)OCc2nnc(-c3ccc(Br)s3)o2)c(O)c1. The van der Waals surface area contributed by atoms with Crippen molar-refractivity contribution in [3.63, 3.8) is 0 Å². The highest BCUT2D eigenvalue weighted by Crippen LogP contribution is 2.30. The molecule has 3 rings (SSSR count). The van der Waals surface area contributed by atoms with E-state index in [0.29, 0.717) is 5.89 Å². The van der Waals surface area contributed by atoms with Gasteiger partial charge in [0.2, 0.25) is 0 Å². The number of carbonyl (C=O) groups is 1. The first kappa shape index (κ1) is 15.7. The summed E-state index contributed by atoms with van der Waals surface area (Å²) in [6.45, 7) is 1.66. The molecule has 0 saturated heterocycles. The predicted octanol–water partition coefficient (Wildman–Crippen LogP) is 3.93. The van der Waals surface area contributed by atoms with E-state index in [2.05, 4.69) is 26.1 Å². The number of carbonyl (C=O) groups excluding carboxylic acids is 1. The summed E-state index contributed by atoms with van der Waals surface area (Å²) in [6.07, 6.45) is 0. The molecule has 0 unspecified atom stereocenters. The molecule has 1 aromatic carbocycles. The molecule has 2 aromatic heterocycles. The fraction of sp³-hybridized carbons (Fsp3) is 0.133. The normalized spacial score (nSPS) is 10.7. The van der Waals surface area contributed by atoms with Gasteiger partial charge in [-0.1, -0.05) is 6.07 Å². The van der Waals surface area contributed by atoms with Crippen LogP contribution in [0.5, 0.6) is 5.75 Å². The minimum Gasteiger partial charge on any atom is -0.507 e. The Kier molecular flexibility index (Phi) is 4.44. The number of esters is 1. The van der Waals surface area contributed by atoms with E-state index >= 15 is 0 Å². The summed E-state index contributed by atoms with van der Waals surface area (Å²) >= 11 is 4.82. The molecule has 0 aliphatic rings. The van der Waals surface area contributed by atoms with Crippen LogP contribution in [0.4, 0.5) is 0 Å². The number of phenols is 1. The molecule has 2 heterocycles. The molecule has 0 spiro atoms. The van der Waals surface area contributed by atoms with Crippen molar-refractivity contribution in [3.8, 4) is 16.5 Å². The lowest BCUT2D eigenvalue weighted by Crippen LogP contribution is -2.05. The third-order valence-electron chi connectivity index (χ3n) is 2.95. The number of benzene rings is 1. The molecule has 1 N–H and O–H groups in total. The van der Waals surface area contributed by atoms with Crippen LogP contribution in [0.1, 0.15) is 21.8 Å². The van der Waals surface area contributed by atoms with Crippen molar-refractivity contribution in [1.29, 1.82) is 0 Å². The number of aromatic hydroxyl groups is 1. The van der Waals surface area contributed by atoms with E-state index in [9.17, 15) is 9.90 Å². The second-order valence-electron chi connectivity index (χ2n) is 4.70. The predicted molar refractivity (Wildman–Crippen MR) is 87.3 cm³/mol. The summed E-state index contributed by atoms with van der Waals surface area (Å²) in [4.78, 5) is 12.8. The number of nitrogens with zero attached hydrogens (tertiary/aromatic N) is 2. The third kappa shape index (κ3) is 3.59. The van der Waals surface area contributed by atoms with Crippen LogP contribution in [0.2, 0.25) is 0 Å². The van der Waals surface area contributed by atoms with Crippen molar-refractivity contribution in [3.05, 3.63) is 51.1 Å². The molecule has 3 aromatic rings. The quantitative estimate of drug-likeness (QED) is 0.674. The fourth-order valence-electron chi connectivity index (χ4n) is 1.86. The highest BCUT2D eigenvalue weighted by atomic mass is 79.9. The average molecular weight is 395 g/mol. The van der Waals surface area contributed by atoms with Crippen molar-refractivity contribution in [2.24, 2.45) is 0 Å². The van der Waals surface area contributed by atoms with Crippen LogP contribution < -0.4 is 0 Å². The molecule has 0 aliphatic carbocycles. The molecule has 23 heavy (non-hydrogen) atoms. The lowest BCUT2D eigenvalue weighted by atomic mass is 10.1. The lowest BCUT2D eigenvalue weighted by molar-refractivity contribution is 0.0435. The largest absolute Gasteiger partial charge is 0.507 e. The molecular weight excluding hydrogens is 384 g/mol. The summed E-state index contributed by atoms with van der Waals surface area (Å²) in [5, 5.41) is 17.5. The summed E-state index contributed by atoms with van der Waals surface area (Å²) in [7, 11) is 0. The Bertz CT molecular complexity index is 859. The second-order valence-corrected chi connectivity index (χ2v) is 7.16. The first-order valence-corrected chi connectivity index (χ1v) is 8.18. The molecular formula is C15H11BrN2O4S. The van der Waals surface area contributed by atoms with Crippen LogP contribution in [0.15, 0.2) is 38.5 Å². The maximum Gasteiger partial charge on any atom is 0.342 e. The molecule has 0 atom stereocenters. The second kappa shape index (κ2) is 6.51. The maximum absolute atomic E-state index is 12.0. The van der Waals surface area contributed by atoms with Crippen molar-refractivity contribution in [2.75, 3.05) is 0 Å². The van der Waals surface area contributed by atoms with Gasteiger partial charge in [-0.2, -0.15) is 0 Å². The molecule has 0 aliphatic heterocycles. The van der Waals surface area contributed by atoms with Gasteiger partial charge in [0, 0.05) is 0 Å². The average Bonchev–Trinajstić information content (AvgIpc) is 3.13. The van der Waals surface area contributed by atoms with Gasteiger partial charge in [-0.15, -0.1) is 21.5 Å². The number of aryl methyl sites for hydroxylation is 1. The fourth-order valence-corrected chi connectivity index (χ4v) is 3.17. The van der Waals surface area contributed by atoms with Crippen LogP contribution in [0, 0.1) is 6.92 Å². The first-order valence-electron chi connectivity index (χ1n) is 6.58. The molecule has 0 fully saturated rings. The Morgan fingerprint density at radius 3 is 2.87 bits per heavy atom. The standard InChI is InChI=1S/C15H11BrN2O4S/c1-8-2-3-9(10(19)6-8)15(20)21-7-13-17-18-14(22-13)11-4-5-12(16)23-11/h2-6,19H,7H2,1H3. The van der Waals surface area contributed by atoms with Crippen LogP contribution >= 0.6 is 27.3 Å². The van der Waals surface area contributed by atoms with Crippen molar-refractivity contribution in [2.45, 2.75) is 13.5 Å². The third-order valence-corrected chi connectivity index (χ3v) is 4.56. The summed E-state index contributed by atoms with van der Waals surface area (Å²) in [5.74, 6) is -0.222. The highest BCUT2D eigenvalue weighted by Gasteiger charge is 2.16. The van der Waals surface area contributed by atoms with Crippen LogP contribution in [0.25, 0.3) is 10.8 Å². The van der Waals surface area contributed by atoms with E-state index < -0.39 is 5.97 Å². The zero-order valence-electron chi connectivity index (χ0n) is 11.9. The number of thiophene rings is 1. The number of hydrogen-bond acceptors (Lipinski definition) is 7. The Balaban J connectivity index is 1.66. The number of hydrogen-bond donors (Lipinski definition) is 1. The summed E-state index contributed by atoms with van der Waals surface area (Å²) in [6, 6.07) is 8.45. The lowest BCUT2D eigenvalue weighted by Gasteiger charge is -2.04. The van der Waals surface area contributed by atoms with Gasteiger partial charge < -0.3 is 14.3 Å². The number of phenolic OH excluding ortho intramolecular Hbond substituents is 1. The molecule has 0 amide bonds. The van der Waals surface area contributed by atoms with Crippen molar-refractivity contribution < 1.29 is 19.1 Å². The molecule has 0 radical (unpaired) electrons. The Morgan fingerprint density at radius 2 is 2.17 bits per heavy atom. The van der Waals surface area contributed by atoms with Crippen LogP contribution in [-0.4, -0.2) is 21.3 Å². The molecule has 6 nitrogen and oxygen atoms in total. The van der Waals surface area contributed by atoms with Gasteiger partial charge >= 0.3 is 5.97 Å². The van der Waals surface area contributed by atoms with E-state index in [1.807, 2.05) is 19.1 Å². The van der Waals surface area contributed by atoms with Crippen molar-refractivity contribution >= 4 is 33.2 Å². The molecule has 118 valence electrons. The van der Waals surface area contributed by atoms with Crippen LogP contribution in [0.3, 0.4) is 0 Å². The minimum absolute atomic E-state index is 0.0949. The van der Waals surface area contributed by atoms with E-state index in [-0.39, 0.29) is 23.8 Å². The zero-order chi connectivity index (χ0) is 16.4. The smallest absolute Gasteiger partial charge is 0.342 e. The van der Waals surface area contributed by atoms with Gasteiger partial charge in [0.1, 0.15) is 11.3 Å². The Labute approximate surface area is 143 Å². The van der Waals surface area contributed by atoms with Gasteiger partial charge in [0.15, 0.2) is 6.61 Å². The van der Waals surface area contributed by atoms with E-state index in [0.717, 1.165) is 14.2 Å². The van der Waals surface area contributed by atoms with Gasteiger partial charge in [-0.25, -0.2) is 4.79 Å². The van der Waals surface area contributed by atoms with Gasteiger partial charge in [0.25, 0.3) is 11.8 Å². The topological polar surface area (TPSA) is 85.5 Å². The Morgan fingerprint density at radius 1 is 1.35 bits per heavy atom. The van der Waals surface area contributed by atoms with Gasteiger partial charge in [-0.05, 0) is 52.7 Å². The molecule has 0 saturated carbocycles. The maximum atomic E-state index is 12.0. The number of aromatic nitrogens is 2. The number of ether oxygens (including phenoxy) is 1. The number of rotatable bonds is 4. The summed E-state index contributed by atoms with van der Waals surface area (Å²) < 4.78 is 11.5. The Hall–Kier alpha value is -2.19. The summed E-state index contributed by atoms with van der Waals surface area (Å²) in [5.41, 5.74) is 0.945.